The molecule has 1 saturated heterocycles. The molecule has 1 aliphatic rings. The van der Waals surface area contributed by atoms with Crippen LogP contribution in [0.4, 0.5) is 23.1 Å². The van der Waals surface area contributed by atoms with Crippen LogP contribution in [0.2, 0.25) is 0 Å². The van der Waals surface area contributed by atoms with Crippen LogP contribution < -0.4 is 15.5 Å². The summed E-state index contributed by atoms with van der Waals surface area (Å²) in [7, 11) is 0. The van der Waals surface area contributed by atoms with Gasteiger partial charge in [0.2, 0.25) is 11.9 Å². The number of nitrogens with zero attached hydrogens (tertiary/aromatic N) is 3. The topological polar surface area (TPSA) is 70.2 Å². The summed E-state index contributed by atoms with van der Waals surface area (Å²) in [5, 5.41) is 6.26. The van der Waals surface area contributed by atoms with Gasteiger partial charge in [0, 0.05) is 42.6 Å². The third kappa shape index (κ3) is 4.94. The number of hydrogen-bond acceptors (Lipinski definition) is 5. The highest BCUT2D eigenvalue weighted by Gasteiger charge is 2.16. The molecule has 2 aromatic rings. The zero-order valence-corrected chi connectivity index (χ0v) is 15.6. The molecule has 1 fully saturated rings. The summed E-state index contributed by atoms with van der Waals surface area (Å²) in [4.78, 5) is 23.2. The number of amides is 1. The van der Waals surface area contributed by atoms with Crippen molar-refractivity contribution in [3.8, 4) is 0 Å². The predicted octanol–water partition coefficient (Wildman–Crippen LogP) is 4.26. The summed E-state index contributed by atoms with van der Waals surface area (Å²) in [6.45, 7) is 6.11. The zero-order chi connectivity index (χ0) is 18.4. The number of carbonyl (C=O) groups is 1. The minimum atomic E-state index is 0.0641. The van der Waals surface area contributed by atoms with Crippen LogP contribution in [0, 0.1) is 6.92 Å². The van der Waals surface area contributed by atoms with Crippen molar-refractivity contribution in [3.63, 3.8) is 0 Å². The second kappa shape index (κ2) is 8.65. The van der Waals surface area contributed by atoms with Crippen molar-refractivity contribution in [2.75, 3.05) is 28.6 Å². The standard InChI is InChI=1S/C20H27N5O/c1-3-4-7-19(26)23-17-10-8-16(9-11-17)22-18-14-15(2)21-20(24-18)25-12-5-6-13-25/h8-11,14H,3-7,12-13H2,1-2H3,(H,23,26)(H,21,22,24). The monoisotopic (exact) mass is 353 g/mol. The maximum atomic E-state index is 11.8. The molecule has 0 unspecified atom stereocenters. The SMILES string of the molecule is CCCCC(=O)Nc1ccc(Nc2cc(C)nc(N3CCCC3)n2)cc1. The molecule has 2 N–H and O–H groups in total. The lowest BCUT2D eigenvalue weighted by Gasteiger charge is -2.17. The van der Waals surface area contributed by atoms with Gasteiger partial charge in [-0.25, -0.2) is 4.98 Å². The number of hydrogen-bond donors (Lipinski definition) is 2. The molecule has 0 saturated carbocycles. The van der Waals surface area contributed by atoms with E-state index < -0.39 is 0 Å². The minimum Gasteiger partial charge on any atom is -0.341 e. The molecule has 1 aromatic carbocycles. The molecule has 0 bridgehead atoms. The number of aromatic nitrogens is 2. The van der Waals surface area contributed by atoms with Gasteiger partial charge in [0.15, 0.2) is 0 Å². The zero-order valence-electron chi connectivity index (χ0n) is 15.6. The summed E-state index contributed by atoms with van der Waals surface area (Å²) in [5.41, 5.74) is 2.69. The first-order valence-corrected chi connectivity index (χ1v) is 9.41. The molecule has 0 spiro atoms. The van der Waals surface area contributed by atoms with E-state index in [0.29, 0.717) is 6.42 Å². The van der Waals surface area contributed by atoms with Crippen LogP contribution in [0.5, 0.6) is 0 Å². The molecule has 1 amide bonds. The molecule has 3 rings (SSSR count). The first kappa shape index (κ1) is 18.2. The fourth-order valence-electron chi connectivity index (χ4n) is 3.02. The Morgan fingerprint density at radius 2 is 1.81 bits per heavy atom. The Labute approximate surface area is 155 Å². The van der Waals surface area contributed by atoms with Crippen molar-refractivity contribution >= 4 is 29.0 Å². The number of carbonyl (C=O) groups excluding carboxylic acids is 1. The van der Waals surface area contributed by atoms with Crippen molar-refractivity contribution in [3.05, 3.63) is 36.0 Å². The minimum absolute atomic E-state index is 0.0641. The van der Waals surface area contributed by atoms with Crippen LogP contribution in [0.1, 0.15) is 44.7 Å². The van der Waals surface area contributed by atoms with Gasteiger partial charge >= 0.3 is 0 Å². The quantitative estimate of drug-likeness (QED) is 0.778. The summed E-state index contributed by atoms with van der Waals surface area (Å²) >= 11 is 0. The van der Waals surface area contributed by atoms with Crippen molar-refractivity contribution in [1.29, 1.82) is 0 Å². The Bertz CT molecular complexity index is 738. The average Bonchev–Trinajstić information content (AvgIpc) is 3.16. The first-order valence-electron chi connectivity index (χ1n) is 9.41. The number of aryl methyl sites for hydroxylation is 1. The third-order valence-electron chi connectivity index (χ3n) is 4.43. The maximum Gasteiger partial charge on any atom is 0.227 e. The van der Waals surface area contributed by atoms with Crippen molar-refractivity contribution in [2.24, 2.45) is 0 Å². The van der Waals surface area contributed by atoms with E-state index in [1.165, 1.54) is 12.8 Å². The lowest BCUT2D eigenvalue weighted by Crippen LogP contribution is -2.21. The summed E-state index contributed by atoms with van der Waals surface area (Å²) in [5.74, 6) is 1.65. The third-order valence-corrected chi connectivity index (χ3v) is 4.43. The van der Waals surface area contributed by atoms with Gasteiger partial charge in [-0.2, -0.15) is 4.98 Å². The molecule has 138 valence electrons. The molecule has 0 aliphatic carbocycles. The average molecular weight is 353 g/mol. The van der Waals surface area contributed by atoms with Gasteiger partial charge in [-0.1, -0.05) is 13.3 Å². The van der Waals surface area contributed by atoms with Gasteiger partial charge in [0.05, 0.1) is 0 Å². The van der Waals surface area contributed by atoms with Gasteiger partial charge in [0.1, 0.15) is 5.82 Å². The second-order valence-corrected chi connectivity index (χ2v) is 6.74. The molecular weight excluding hydrogens is 326 g/mol. The van der Waals surface area contributed by atoms with Crippen LogP contribution in [-0.2, 0) is 4.79 Å². The smallest absolute Gasteiger partial charge is 0.227 e. The fraction of sp³-hybridized carbons (Fsp3) is 0.450. The molecular formula is C20H27N5O. The second-order valence-electron chi connectivity index (χ2n) is 6.74. The van der Waals surface area contributed by atoms with Crippen LogP contribution in [-0.4, -0.2) is 29.0 Å². The molecule has 26 heavy (non-hydrogen) atoms. The predicted molar refractivity (Wildman–Crippen MR) is 106 cm³/mol. The number of unbranched alkanes of at least 4 members (excludes halogenated alkanes) is 1. The van der Waals surface area contributed by atoms with E-state index in [9.17, 15) is 4.79 Å². The van der Waals surface area contributed by atoms with E-state index in [0.717, 1.165) is 54.8 Å². The summed E-state index contributed by atoms with van der Waals surface area (Å²) in [6, 6.07) is 9.65. The largest absolute Gasteiger partial charge is 0.341 e. The number of anilines is 4. The Kier molecular flexibility index (Phi) is 6.04. The Morgan fingerprint density at radius 1 is 1.12 bits per heavy atom. The van der Waals surface area contributed by atoms with Crippen molar-refractivity contribution in [1.82, 2.24) is 9.97 Å². The Hall–Kier alpha value is -2.63. The molecule has 6 heteroatoms. The molecule has 0 atom stereocenters. The van der Waals surface area contributed by atoms with Crippen LogP contribution in [0.25, 0.3) is 0 Å². The van der Waals surface area contributed by atoms with E-state index in [1.54, 1.807) is 0 Å². The van der Waals surface area contributed by atoms with E-state index in [1.807, 2.05) is 37.3 Å². The van der Waals surface area contributed by atoms with Crippen LogP contribution >= 0.6 is 0 Å². The highest BCUT2D eigenvalue weighted by Crippen LogP contribution is 2.22. The fourth-order valence-corrected chi connectivity index (χ4v) is 3.02. The Balaban J connectivity index is 1.64. The maximum absolute atomic E-state index is 11.8. The normalized spacial score (nSPS) is 13.7. The van der Waals surface area contributed by atoms with Crippen molar-refractivity contribution < 1.29 is 4.79 Å². The lowest BCUT2D eigenvalue weighted by atomic mass is 10.2. The molecule has 6 nitrogen and oxygen atoms in total. The molecule has 1 aromatic heterocycles. The molecule has 0 radical (unpaired) electrons. The number of nitrogens with one attached hydrogen (secondary N) is 2. The van der Waals surface area contributed by atoms with Gasteiger partial charge < -0.3 is 15.5 Å². The first-order chi connectivity index (χ1) is 12.6. The number of rotatable bonds is 7. The van der Waals surface area contributed by atoms with E-state index in [-0.39, 0.29) is 5.91 Å². The molecule has 1 aliphatic heterocycles. The summed E-state index contributed by atoms with van der Waals surface area (Å²) in [6.07, 6.45) is 4.90. The van der Waals surface area contributed by atoms with Crippen LogP contribution in [0.3, 0.4) is 0 Å². The highest BCUT2D eigenvalue weighted by molar-refractivity contribution is 5.90. The highest BCUT2D eigenvalue weighted by atomic mass is 16.1. The summed E-state index contributed by atoms with van der Waals surface area (Å²) < 4.78 is 0. The van der Waals surface area contributed by atoms with Gasteiger partial charge in [-0.15, -0.1) is 0 Å². The van der Waals surface area contributed by atoms with Crippen LogP contribution in [0.15, 0.2) is 30.3 Å². The number of benzene rings is 1. The van der Waals surface area contributed by atoms with E-state index in [4.69, 9.17) is 0 Å². The van der Waals surface area contributed by atoms with Gasteiger partial charge in [0.25, 0.3) is 0 Å². The van der Waals surface area contributed by atoms with E-state index in [2.05, 4.69) is 32.4 Å². The Morgan fingerprint density at radius 3 is 2.50 bits per heavy atom. The van der Waals surface area contributed by atoms with Gasteiger partial charge in [-0.3, -0.25) is 4.79 Å². The van der Waals surface area contributed by atoms with Crippen molar-refractivity contribution in [2.45, 2.75) is 46.0 Å². The lowest BCUT2D eigenvalue weighted by molar-refractivity contribution is -0.116. The molecule has 2 heterocycles. The van der Waals surface area contributed by atoms with E-state index >= 15 is 0 Å². The van der Waals surface area contributed by atoms with Gasteiger partial charge in [-0.05, 0) is 50.5 Å².